The molecule has 4 rings (SSSR count). The van der Waals surface area contributed by atoms with E-state index in [4.69, 9.17) is 5.21 Å². The summed E-state index contributed by atoms with van der Waals surface area (Å²) in [6, 6.07) is 2.60. The average molecular weight is 315 g/mol. The maximum absolute atomic E-state index is 11.5. The van der Waals surface area contributed by atoms with Gasteiger partial charge in [-0.15, -0.1) is 0 Å². The lowest BCUT2D eigenvalue weighted by Crippen LogP contribution is -2.52. The predicted molar refractivity (Wildman–Crippen MR) is 86.1 cm³/mol. The Morgan fingerprint density at radius 3 is 2.83 bits per heavy atom. The molecule has 0 saturated heterocycles. The number of fused-ring (bicyclic) bond motifs is 1. The van der Waals surface area contributed by atoms with E-state index in [0.29, 0.717) is 11.0 Å². The van der Waals surface area contributed by atoms with E-state index >= 15 is 0 Å². The van der Waals surface area contributed by atoms with Crippen molar-refractivity contribution in [3.05, 3.63) is 29.1 Å². The zero-order valence-corrected chi connectivity index (χ0v) is 13.6. The summed E-state index contributed by atoms with van der Waals surface area (Å²) in [6.45, 7) is 1.96. The summed E-state index contributed by atoms with van der Waals surface area (Å²) in [5, 5.41) is 8.73. The summed E-state index contributed by atoms with van der Waals surface area (Å²) in [5.74, 6) is -0.485. The van der Waals surface area contributed by atoms with Gasteiger partial charge >= 0.3 is 0 Å². The normalized spacial score (nSPS) is 24.0. The van der Waals surface area contributed by atoms with Crippen molar-refractivity contribution in [2.75, 3.05) is 6.54 Å². The molecule has 0 bridgehead atoms. The Bertz CT molecular complexity index is 602. The van der Waals surface area contributed by atoms with Crippen molar-refractivity contribution >= 4 is 5.91 Å². The fraction of sp³-hybridized carbons (Fsp3) is 0.667. The highest BCUT2D eigenvalue weighted by molar-refractivity contribution is 5.93. The van der Waals surface area contributed by atoms with Crippen molar-refractivity contribution in [2.45, 2.75) is 64.0 Å². The van der Waals surface area contributed by atoms with E-state index in [1.54, 1.807) is 11.7 Å². The fourth-order valence-corrected chi connectivity index (χ4v) is 4.84. The van der Waals surface area contributed by atoms with Gasteiger partial charge in [0.1, 0.15) is 0 Å². The molecule has 1 aromatic heterocycles. The second kappa shape index (κ2) is 5.87. The first-order chi connectivity index (χ1) is 11.2. The van der Waals surface area contributed by atoms with Crippen LogP contribution in [0.15, 0.2) is 12.3 Å². The van der Waals surface area contributed by atoms with Crippen LogP contribution in [-0.2, 0) is 13.0 Å². The lowest BCUT2D eigenvalue weighted by molar-refractivity contribution is -0.0313. The molecule has 23 heavy (non-hydrogen) atoms. The molecule has 2 fully saturated rings. The lowest BCUT2D eigenvalue weighted by atomic mass is 9.58. The number of rotatable bonds is 2. The monoisotopic (exact) mass is 315 g/mol. The first-order valence-corrected chi connectivity index (χ1v) is 8.85. The molecule has 1 aliphatic heterocycles. The van der Waals surface area contributed by atoms with Gasteiger partial charge in [-0.05, 0) is 49.1 Å². The van der Waals surface area contributed by atoms with Gasteiger partial charge < -0.3 is 0 Å². The summed E-state index contributed by atoms with van der Waals surface area (Å²) in [4.78, 5) is 18.5. The fourth-order valence-electron chi connectivity index (χ4n) is 4.84. The zero-order valence-electron chi connectivity index (χ0n) is 13.6. The standard InChI is InChI=1S/C18H25N3O2/c22-17(20-23)14-8-13-4-7-21(12-16(13)19-11-14)15-9-18(10-15)5-2-1-3-6-18/h8,11,15,23H,1-7,9-10,12H2,(H,20,22). The number of hydrogen-bond acceptors (Lipinski definition) is 4. The van der Waals surface area contributed by atoms with E-state index < -0.39 is 5.91 Å². The van der Waals surface area contributed by atoms with E-state index in [9.17, 15) is 4.79 Å². The highest BCUT2D eigenvalue weighted by Crippen LogP contribution is 2.53. The maximum atomic E-state index is 11.5. The van der Waals surface area contributed by atoms with E-state index in [1.165, 1.54) is 44.9 Å². The number of pyridine rings is 1. The van der Waals surface area contributed by atoms with Crippen LogP contribution in [0.25, 0.3) is 0 Å². The number of hydroxylamine groups is 1. The Morgan fingerprint density at radius 1 is 1.30 bits per heavy atom. The van der Waals surface area contributed by atoms with Gasteiger partial charge in [-0.2, -0.15) is 0 Å². The van der Waals surface area contributed by atoms with Crippen molar-refractivity contribution in [1.29, 1.82) is 0 Å². The number of nitrogens with zero attached hydrogens (tertiary/aromatic N) is 2. The molecular weight excluding hydrogens is 290 g/mol. The van der Waals surface area contributed by atoms with Crippen molar-refractivity contribution < 1.29 is 10.0 Å². The predicted octanol–water partition coefficient (Wildman–Crippen LogP) is 2.67. The van der Waals surface area contributed by atoms with Crippen molar-refractivity contribution in [2.24, 2.45) is 5.41 Å². The first kappa shape index (κ1) is 15.1. The molecule has 0 unspecified atom stereocenters. The highest BCUT2D eigenvalue weighted by atomic mass is 16.5. The number of aromatic nitrogens is 1. The van der Waals surface area contributed by atoms with Gasteiger partial charge in [0.25, 0.3) is 5.91 Å². The molecular formula is C18H25N3O2. The minimum absolute atomic E-state index is 0.435. The van der Waals surface area contributed by atoms with Gasteiger partial charge in [0.2, 0.25) is 0 Å². The molecule has 0 radical (unpaired) electrons. The van der Waals surface area contributed by atoms with Gasteiger partial charge in [0.05, 0.1) is 11.3 Å². The molecule has 2 saturated carbocycles. The van der Waals surface area contributed by atoms with E-state index in [-0.39, 0.29) is 0 Å². The molecule has 1 amide bonds. The van der Waals surface area contributed by atoms with Crippen LogP contribution in [0.4, 0.5) is 0 Å². The molecule has 1 spiro atoms. The SMILES string of the molecule is O=C(NO)c1cnc2c(c1)CCN(C1CC3(CCCCC3)C1)C2. The summed E-state index contributed by atoms with van der Waals surface area (Å²) in [5.41, 5.74) is 5.02. The Morgan fingerprint density at radius 2 is 2.09 bits per heavy atom. The van der Waals surface area contributed by atoms with E-state index in [1.807, 2.05) is 6.07 Å². The zero-order chi connectivity index (χ0) is 15.9. The van der Waals surface area contributed by atoms with E-state index in [2.05, 4.69) is 9.88 Å². The lowest BCUT2D eigenvalue weighted by Gasteiger charge is -2.54. The number of amides is 1. The summed E-state index contributed by atoms with van der Waals surface area (Å²) in [7, 11) is 0. The molecule has 2 aliphatic carbocycles. The Labute approximate surface area is 137 Å². The largest absolute Gasteiger partial charge is 0.294 e. The third-order valence-electron chi connectivity index (χ3n) is 6.21. The van der Waals surface area contributed by atoms with Crippen LogP contribution in [0.1, 0.15) is 66.6 Å². The molecule has 3 aliphatic rings. The van der Waals surface area contributed by atoms with Crippen molar-refractivity contribution in [3.8, 4) is 0 Å². The van der Waals surface area contributed by atoms with Gasteiger partial charge in [-0.1, -0.05) is 19.3 Å². The van der Waals surface area contributed by atoms with Crippen LogP contribution in [0, 0.1) is 5.41 Å². The molecule has 5 heteroatoms. The van der Waals surface area contributed by atoms with Crippen LogP contribution in [0.3, 0.4) is 0 Å². The molecule has 0 atom stereocenters. The maximum Gasteiger partial charge on any atom is 0.276 e. The van der Waals surface area contributed by atoms with Gasteiger partial charge in [0, 0.05) is 25.3 Å². The second-order valence-corrected chi connectivity index (χ2v) is 7.61. The second-order valence-electron chi connectivity index (χ2n) is 7.61. The molecule has 2 N–H and O–H groups in total. The number of carbonyl (C=O) groups is 1. The first-order valence-electron chi connectivity index (χ1n) is 8.85. The number of carbonyl (C=O) groups excluding carboxylic acids is 1. The average Bonchev–Trinajstić information content (AvgIpc) is 2.58. The topological polar surface area (TPSA) is 65.5 Å². The van der Waals surface area contributed by atoms with Crippen molar-refractivity contribution in [3.63, 3.8) is 0 Å². The summed E-state index contributed by atoms with van der Waals surface area (Å²) in [6.07, 6.45) is 12.4. The smallest absolute Gasteiger partial charge is 0.276 e. The van der Waals surface area contributed by atoms with Crippen LogP contribution in [-0.4, -0.2) is 33.6 Å². The van der Waals surface area contributed by atoms with Crippen LogP contribution in [0.5, 0.6) is 0 Å². The molecule has 1 aromatic rings. The molecule has 124 valence electrons. The van der Waals surface area contributed by atoms with Gasteiger partial charge in [0.15, 0.2) is 0 Å². The Hall–Kier alpha value is -1.46. The van der Waals surface area contributed by atoms with Gasteiger partial charge in [-0.3, -0.25) is 19.9 Å². The minimum atomic E-state index is -0.485. The number of hydrogen-bond donors (Lipinski definition) is 2. The molecule has 0 aromatic carbocycles. The summed E-state index contributed by atoms with van der Waals surface area (Å²) >= 11 is 0. The van der Waals surface area contributed by atoms with Crippen LogP contribution in [0.2, 0.25) is 0 Å². The van der Waals surface area contributed by atoms with Crippen LogP contribution >= 0.6 is 0 Å². The van der Waals surface area contributed by atoms with Crippen LogP contribution < -0.4 is 5.48 Å². The van der Waals surface area contributed by atoms with Gasteiger partial charge in [-0.25, -0.2) is 5.48 Å². The Kier molecular flexibility index (Phi) is 3.85. The highest BCUT2D eigenvalue weighted by Gasteiger charge is 2.46. The van der Waals surface area contributed by atoms with E-state index in [0.717, 1.165) is 36.8 Å². The minimum Gasteiger partial charge on any atom is -0.294 e. The molecule has 5 nitrogen and oxygen atoms in total. The quantitative estimate of drug-likeness (QED) is 0.650. The summed E-state index contributed by atoms with van der Waals surface area (Å²) < 4.78 is 0. The van der Waals surface area contributed by atoms with Crippen molar-refractivity contribution in [1.82, 2.24) is 15.4 Å². The third kappa shape index (κ3) is 2.76. The Balaban J connectivity index is 1.41. The molecule has 2 heterocycles. The number of nitrogens with one attached hydrogen (secondary N) is 1. The third-order valence-corrected chi connectivity index (χ3v) is 6.21.